The van der Waals surface area contributed by atoms with Gasteiger partial charge in [-0.3, -0.25) is 9.59 Å². The number of nitrogens with two attached hydrogens (primary N) is 1. The van der Waals surface area contributed by atoms with E-state index in [2.05, 4.69) is 5.32 Å². The second-order valence-corrected chi connectivity index (χ2v) is 3.23. The number of carbonyl (C=O) groups is 3. The van der Waals surface area contributed by atoms with E-state index in [4.69, 9.17) is 10.5 Å². The maximum absolute atomic E-state index is 11.4. The highest BCUT2D eigenvalue weighted by Gasteiger charge is 2.21. The van der Waals surface area contributed by atoms with Crippen LogP contribution in [0.3, 0.4) is 0 Å². The monoisotopic (exact) mass is 230 g/mol. The average Bonchev–Trinajstić information content (AvgIpc) is 2.23. The van der Waals surface area contributed by atoms with Crippen molar-refractivity contribution in [3.8, 4) is 0 Å². The van der Waals surface area contributed by atoms with Crippen molar-refractivity contribution in [3.63, 3.8) is 0 Å². The Labute approximate surface area is 94.5 Å². The van der Waals surface area contributed by atoms with Crippen LogP contribution in [0.5, 0.6) is 0 Å². The summed E-state index contributed by atoms with van der Waals surface area (Å²) >= 11 is 0. The van der Waals surface area contributed by atoms with Gasteiger partial charge < -0.3 is 15.8 Å². The minimum atomic E-state index is -0.792. The first-order valence-electron chi connectivity index (χ1n) is 5.25. The lowest BCUT2D eigenvalue weighted by molar-refractivity contribution is -0.147. The molecule has 2 amide bonds. The van der Waals surface area contributed by atoms with Crippen molar-refractivity contribution in [1.29, 1.82) is 0 Å². The van der Waals surface area contributed by atoms with Gasteiger partial charge in [-0.2, -0.15) is 0 Å². The standard InChI is InChI=1S/C10H18N2O4/c1-3-9(14)12-7(5-6-8(11)13)10(15)16-4-2/h7H,3-6H2,1-2H3,(H2,11,13)(H,12,14)/t7-/m0/s1. The zero-order chi connectivity index (χ0) is 12.6. The predicted molar refractivity (Wildman–Crippen MR) is 57.3 cm³/mol. The van der Waals surface area contributed by atoms with Gasteiger partial charge in [-0.05, 0) is 13.3 Å². The third-order valence-electron chi connectivity index (χ3n) is 1.91. The normalized spacial score (nSPS) is 11.6. The van der Waals surface area contributed by atoms with Crippen LogP contribution in [0.2, 0.25) is 0 Å². The highest BCUT2D eigenvalue weighted by molar-refractivity contribution is 5.85. The summed E-state index contributed by atoms with van der Waals surface area (Å²) in [4.78, 5) is 33.2. The minimum absolute atomic E-state index is 0.0352. The zero-order valence-corrected chi connectivity index (χ0v) is 9.62. The van der Waals surface area contributed by atoms with Gasteiger partial charge in [0.05, 0.1) is 6.61 Å². The molecule has 0 aliphatic carbocycles. The molecule has 0 unspecified atom stereocenters. The Morgan fingerprint density at radius 1 is 1.31 bits per heavy atom. The summed E-state index contributed by atoms with van der Waals surface area (Å²) in [5.41, 5.74) is 4.97. The summed E-state index contributed by atoms with van der Waals surface area (Å²) in [5.74, 6) is -1.31. The van der Waals surface area contributed by atoms with Gasteiger partial charge in [-0.15, -0.1) is 0 Å². The second kappa shape index (κ2) is 7.67. The predicted octanol–water partition coefficient (Wildman–Crippen LogP) is -0.290. The molecule has 0 radical (unpaired) electrons. The first-order chi connectivity index (χ1) is 7.51. The third-order valence-corrected chi connectivity index (χ3v) is 1.91. The first-order valence-corrected chi connectivity index (χ1v) is 5.25. The highest BCUT2D eigenvalue weighted by atomic mass is 16.5. The van der Waals surface area contributed by atoms with E-state index in [1.807, 2.05) is 0 Å². The Morgan fingerprint density at radius 3 is 2.38 bits per heavy atom. The van der Waals surface area contributed by atoms with E-state index in [0.29, 0.717) is 0 Å². The molecule has 1 atom stereocenters. The second-order valence-electron chi connectivity index (χ2n) is 3.23. The van der Waals surface area contributed by atoms with E-state index in [9.17, 15) is 14.4 Å². The summed E-state index contributed by atoms with van der Waals surface area (Å²) in [5, 5.41) is 2.49. The van der Waals surface area contributed by atoms with Crippen molar-refractivity contribution >= 4 is 17.8 Å². The van der Waals surface area contributed by atoms with E-state index >= 15 is 0 Å². The van der Waals surface area contributed by atoms with Gasteiger partial charge in [-0.25, -0.2) is 4.79 Å². The number of carbonyl (C=O) groups excluding carboxylic acids is 3. The first kappa shape index (κ1) is 14.4. The molecular formula is C10H18N2O4. The average molecular weight is 230 g/mol. The van der Waals surface area contributed by atoms with E-state index in [1.165, 1.54) is 0 Å². The molecule has 0 bridgehead atoms. The Kier molecular flexibility index (Phi) is 6.91. The zero-order valence-electron chi connectivity index (χ0n) is 9.62. The molecule has 6 heteroatoms. The number of hydrogen-bond donors (Lipinski definition) is 2. The maximum Gasteiger partial charge on any atom is 0.328 e. The Morgan fingerprint density at radius 2 is 1.94 bits per heavy atom. The molecule has 0 aromatic rings. The number of rotatable bonds is 7. The van der Waals surface area contributed by atoms with Crippen molar-refractivity contribution in [2.45, 2.75) is 39.2 Å². The van der Waals surface area contributed by atoms with Crippen molar-refractivity contribution in [2.24, 2.45) is 5.73 Å². The fourth-order valence-corrected chi connectivity index (χ4v) is 1.07. The van der Waals surface area contributed by atoms with Gasteiger partial charge in [0, 0.05) is 12.8 Å². The Hall–Kier alpha value is -1.59. The fraction of sp³-hybridized carbons (Fsp3) is 0.700. The Balaban J connectivity index is 4.31. The summed E-state index contributed by atoms with van der Waals surface area (Å²) < 4.78 is 4.78. The van der Waals surface area contributed by atoms with Crippen molar-refractivity contribution in [1.82, 2.24) is 5.32 Å². The van der Waals surface area contributed by atoms with Crippen LogP contribution in [-0.2, 0) is 19.1 Å². The molecule has 0 spiro atoms. The lowest BCUT2D eigenvalue weighted by Gasteiger charge is -2.15. The number of ether oxygens (including phenoxy) is 1. The van der Waals surface area contributed by atoms with Crippen LogP contribution in [0.15, 0.2) is 0 Å². The molecule has 0 saturated carbocycles. The van der Waals surface area contributed by atoms with Gasteiger partial charge in [0.25, 0.3) is 0 Å². The molecule has 16 heavy (non-hydrogen) atoms. The van der Waals surface area contributed by atoms with Gasteiger partial charge in [0.15, 0.2) is 0 Å². The van der Waals surface area contributed by atoms with E-state index in [-0.39, 0.29) is 31.8 Å². The molecule has 0 fully saturated rings. The van der Waals surface area contributed by atoms with Crippen LogP contribution < -0.4 is 11.1 Å². The van der Waals surface area contributed by atoms with Gasteiger partial charge >= 0.3 is 5.97 Å². The quantitative estimate of drug-likeness (QED) is 0.587. The van der Waals surface area contributed by atoms with Gasteiger partial charge in [0.1, 0.15) is 6.04 Å². The summed E-state index contributed by atoms with van der Waals surface area (Å²) in [6.07, 6.45) is 0.472. The van der Waals surface area contributed by atoms with E-state index in [1.54, 1.807) is 13.8 Å². The molecule has 0 aliphatic rings. The molecule has 0 rings (SSSR count). The maximum atomic E-state index is 11.4. The summed E-state index contributed by atoms with van der Waals surface area (Å²) in [7, 11) is 0. The molecule has 0 aliphatic heterocycles. The van der Waals surface area contributed by atoms with Crippen LogP contribution in [0.1, 0.15) is 33.1 Å². The van der Waals surface area contributed by atoms with Gasteiger partial charge in [0.2, 0.25) is 11.8 Å². The number of primary amides is 1. The van der Waals surface area contributed by atoms with Gasteiger partial charge in [-0.1, -0.05) is 6.92 Å². The van der Waals surface area contributed by atoms with Crippen LogP contribution in [0.4, 0.5) is 0 Å². The molecule has 0 aromatic heterocycles. The van der Waals surface area contributed by atoms with E-state index < -0.39 is 17.9 Å². The number of nitrogens with one attached hydrogen (secondary N) is 1. The minimum Gasteiger partial charge on any atom is -0.464 e. The van der Waals surface area contributed by atoms with Crippen molar-refractivity contribution in [2.75, 3.05) is 6.61 Å². The smallest absolute Gasteiger partial charge is 0.328 e. The highest BCUT2D eigenvalue weighted by Crippen LogP contribution is 2.00. The molecule has 3 N–H and O–H groups in total. The number of esters is 1. The van der Waals surface area contributed by atoms with Crippen molar-refractivity contribution < 1.29 is 19.1 Å². The molecule has 92 valence electrons. The van der Waals surface area contributed by atoms with Crippen molar-refractivity contribution in [3.05, 3.63) is 0 Å². The largest absolute Gasteiger partial charge is 0.464 e. The molecule has 0 aromatic carbocycles. The lowest BCUT2D eigenvalue weighted by atomic mass is 10.1. The van der Waals surface area contributed by atoms with E-state index in [0.717, 1.165) is 0 Å². The Bertz CT molecular complexity index is 266. The lowest BCUT2D eigenvalue weighted by Crippen LogP contribution is -2.42. The fourth-order valence-electron chi connectivity index (χ4n) is 1.07. The molecular weight excluding hydrogens is 212 g/mol. The van der Waals surface area contributed by atoms with Crippen LogP contribution in [0, 0.1) is 0 Å². The third kappa shape index (κ3) is 6.00. The molecule has 0 heterocycles. The summed E-state index contributed by atoms with van der Waals surface area (Å²) in [6, 6.07) is -0.792. The SMILES string of the molecule is CCOC(=O)[C@H](CCC(N)=O)NC(=O)CC. The molecule has 6 nitrogen and oxygen atoms in total. The number of amides is 2. The summed E-state index contributed by atoms with van der Waals surface area (Å²) in [6.45, 7) is 3.57. The number of hydrogen-bond acceptors (Lipinski definition) is 4. The molecule has 0 saturated heterocycles. The topological polar surface area (TPSA) is 98.5 Å². The van der Waals surface area contributed by atoms with Crippen LogP contribution >= 0.6 is 0 Å². The van der Waals surface area contributed by atoms with Crippen LogP contribution in [0.25, 0.3) is 0 Å². The van der Waals surface area contributed by atoms with Crippen LogP contribution in [-0.4, -0.2) is 30.4 Å².